The molecule has 0 spiro atoms. The maximum absolute atomic E-state index is 9.50. The number of benzene rings is 1. The number of hydrogen-bond acceptors (Lipinski definition) is 3. The maximum atomic E-state index is 9.50. The lowest BCUT2D eigenvalue weighted by molar-refractivity contribution is 0.336. The van der Waals surface area contributed by atoms with Crippen molar-refractivity contribution in [2.45, 2.75) is 25.2 Å². The summed E-state index contributed by atoms with van der Waals surface area (Å²) >= 11 is 0. The van der Waals surface area contributed by atoms with Gasteiger partial charge in [-0.15, -0.1) is 0 Å². The Morgan fingerprint density at radius 3 is 2.82 bits per heavy atom. The van der Waals surface area contributed by atoms with Gasteiger partial charge < -0.3 is 10.1 Å². The summed E-state index contributed by atoms with van der Waals surface area (Å²) in [6.45, 7) is 4.45. The van der Waals surface area contributed by atoms with Gasteiger partial charge in [-0.2, -0.15) is 5.26 Å². The Kier molecular flexibility index (Phi) is 3.65. The summed E-state index contributed by atoms with van der Waals surface area (Å²) in [5.74, 6) is 0.859. The van der Waals surface area contributed by atoms with Crippen molar-refractivity contribution in [1.82, 2.24) is 5.32 Å². The minimum absolute atomic E-state index is 0.335. The van der Waals surface area contributed by atoms with E-state index in [2.05, 4.69) is 11.4 Å². The van der Waals surface area contributed by atoms with Crippen LogP contribution in [0.5, 0.6) is 5.75 Å². The fraction of sp³-hybridized carbons (Fsp3) is 0.500. The number of nitriles is 1. The molecule has 0 aliphatic carbocycles. The molecule has 1 heterocycles. The molecular weight excluding hydrogens is 212 g/mol. The molecular formula is C14H18N2O. The van der Waals surface area contributed by atoms with Gasteiger partial charge in [-0.25, -0.2) is 0 Å². The van der Waals surface area contributed by atoms with Crippen molar-refractivity contribution in [1.29, 1.82) is 5.26 Å². The fourth-order valence-corrected chi connectivity index (χ4v) is 2.37. The predicted octanol–water partition coefficient (Wildman–Crippen LogP) is 2.23. The van der Waals surface area contributed by atoms with E-state index < -0.39 is 0 Å². The smallest absolute Gasteiger partial charge is 0.119 e. The molecule has 0 radical (unpaired) electrons. The Labute approximate surface area is 102 Å². The number of nitrogens with one attached hydrogen (secondary N) is 1. The minimum Gasteiger partial charge on any atom is -0.494 e. The molecule has 3 nitrogen and oxygen atoms in total. The summed E-state index contributed by atoms with van der Waals surface area (Å²) in [6, 6.07) is 10.5. The summed E-state index contributed by atoms with van der Waals surface area (Å²) in [4.78, 5) is 0. The van der Waals surface area contributed by atoms with Crippen LogP contribution in [0, 0.1) is 11.3 Å². The van der Waals surface area contributed by atoms with E-state index in [4.69, 9.17) is 4.74 Å². The molecule has 1 aromatic rings. The Morgan fingerprint density at radius 1 is 1.41 bits per heavy atom. The monoisotopic (exact) mass is 230 g/mol. The van der Waals surface area contributed by atoms with Crippen molar-refractivity contribution in [3.63, 3.8) is 0 Å². The average molecular weight is 230 g/mol. The van der Waals surface area contributed by atoms with E-state index in [0.717, 1.165) is 37.2 Å². The quantitative estimate of drug-likeness (QED) is 0.866. The summed E-state index contributed by atoms with van der Waals surface area (Å²) in [7, 11) is 0. The van der Waals surface area contributed by atoms with E-state index in [0.29, 0.717) is 6.61 Å². The number of nitrogens with zero attached hydrogens (tertiary/aromatic N) is 1. The second-order valence-electron chi connectivity index (χ2n) is 4.40. The topological polar surface area (TPSA) is 45.0 Å². The molecule has 0 unspecified atom stereocenters. The number of piperidine rings is 1. The van der Waals surface area contributed by atoms with Crippen LogP contribution < -0.4 is 10.1 Å². The third-order valence-electron chi connectivity index (χ3n) is 3.37. The van der Waals surface area contributed by atoms with Gasteiger partial charge >= 0.3 is 0 Å². The molecule has 90 valence electrons. The summed E-state index contributed by atoms with van der Waals surface area (Å²) in [6.07, 6.45) is 1.75. The van der Waals surface area contributed by atoms with Crippen LogP contribution >= 0.6 is 0 Å². The van der Waals surface area contributed by atoms with Crippen molar-refractivity contribution < 1.29 is 4.74 Å². The molecule has 1 aliphatic rings. The van der Waals surface area contributed by atoms with Crippen molar-refractivity contribution in [3.05, 3.63) is 29.8 Å². The third-order valence-corrected chi connectivity index (χ3v) is 3.37. The van der Waals surface area contributed by atoms with Crippen LogP contribution in [-0.2, 0) is 5.41 Å². The molecule has 0 amide bonds. The van der Waals surface area contributed by atoms with E-state index in [1.807, 2.05) is 31.2 Å². The first-order valence-corrected chi connectivity index (χ1v) is 6.16. The average Bonchev–Trinajstić information content (AvgIpc) is 2.40. The van der Waals surface area contributed by atoms with Crippen LogP contribution in [0.15, 0.2) is 24.3 Å². The van der Waals surface area contributed by atoms with Crippen LogP contribution in [-0.4, -0.2) is 19.7 Å². The Hall–Kier alpha value is -1.53. The van der Waals surface area contributed by atoms with Gasteiger partial charge in [0.2, 0.25) is 0 Å². The van der Waals surface area contributed by atoms with Crippen LogP contribution in [0.1, 0.15) is 25.3 Å². The summed E-state index contributed by atoms with van der Waals surface area (Å²) < 4.78 is 5.50. The van der Waals surface area contributed by atoms with Crippen LogP contribution in [0.25, 0.3) is 0 Å². The Bertz CT molecular complexity index is 416. The zero-order valence-electron chi connectivity index (χ0n) is 10.2. The van der Waals surface area contributed by atoms with E-state index in [1.54, 1.807) is 0 Å². The first-order chi connectivity index (χ1) is 8.30. The second kappa shape index (κ2) is 5.20. The lowest BCUT2D eigenvalue weighted by atomic mass is 9.74. The molecule has 1 fully saturated rings. The molecule has 2 rings (SSSR count). The number of rotatable bonds is 3. The molecule has 17 heavy (non-hydrogen) atoms. The number of ether oxygens (including phenoxy) is 1. The zero-order valence-corrected chi connectivity index (χ0v) is 10.2. The molecule has 0 bridgehead atoms. The third kappa shape index (κ3) is 2.42. The van der Waals surface area contributed by atoms with Gasteiger partial charge in [0, 0.05) is 0 Å². The lowest BCUT2D eigenvalue weighted by Gasteiger charge is -2.31. The van der Waals surface area contributed by atoms with Gasteiger partial charge in [0.15, 0.2) is 0 Å². The second-order valence-corrected chi connectivity index (χ2v) is 4.40. The standard InChI is InChI=1S/C14H18N2O/c1-2-17-13-5-3-4-12(10-13)14(11-15)6-8-16-9-7-14/h3-5,10,16H,2,6-9H2,1H3. The van der Waals surface area contributed by atoms with Gasteiger partial charge in [-0.1, -0.05) is 12.1 Å². The molecule has 0 aromatic heterocycles. The molecule has 1 N–H and O–H groups in total. The first-order valence-electron chi connectivity index (χ1n) is 6.16. The maximum Gasteiger partial charge on any atom is 0.119 e. The lowest BCUT2D eigenvalue weighted by Crippen LogP contribution is -2.38. The predicted molar refractivity (Wildman–Crippen MR) is 67.0 cm³/mol. The Balaban J connectivity index is 2.30. The normalized spacial score (nSPS) is 18.4. The molecule has 1 saturated heterocycles. The van der Waals surface area contributed by atoms with Crippen molar-refractivity contribution in [2.75, 3.05) is 19.7 Å². The van der Waals surface area contributed by atoms with E-state index in [-0.39, 0.29) is 5.41 Å². The number of hydrogen-bond donors (Lipinski definition) is 1. The van der Waals surface area contributed by atoms with Crippen molar-refractivity contribution in [3.8, 4) is 11.8 Å². The summed E-state index contributed by atoms with van der Waals surface area (Å²) in [5.41, 5.74) is 0.755. The largest absolute Gasteiger partial charge is 0.494 e. The van der Waals surface area contributed by atoms with Crippen LogP contribution in [0.4, 0.5) is 0 Å². The van der Waals surface area contributed by atoms with Gasteiger partial charge in [0.1, 0.15) is 5.75 Å². The molecule has 1 aliphatic heterocycles. The molecule has 0 saturated carbocycles. The van der Waals surface area contributed by atoms with Gasteiger partial charge in [0.05, 0.1) is 18.1 Å². The fourth-order valence-electron chi connectivity index (χ4n) is 2.37. The highest BCUT2D eigenvalue weighted by Gasteiger charge is 2.34. The summed E-state index contributed by atoms with van der Waals surface area (Å²) in [5, 5.41) is 12.8. The molecule has 0 atom stereocenters. The van der Waals surface area contributed by atoms with Crippen molar-refractivity contribution >= 4 is 0 Å². The SMILES string of the molecule is CCOc1cccc(C2(C#N)CCNCC2)c1. The highest BCUT2D eigenvalue weighted by Crippen LogP contribution is 2.34. The van der Waals surface area contributed by atoms with Gasteiger partial charge in [-0.05, 0) is 50.6 Å². The van der Waals surface area contributed by atoms with Crippen molar-refractivity contribution in [2.24, 2.45) is 0 Å². The van der Waals surface area contributed by atoms with Crippen LogP contribution in [0.2, 0.25) is 0 Å². The highest BCUT2D eigenvalue weighted by molar-refractivity contribution is 5.38. The zero-order chi connectivity index (χ0) is 12.1. The first kappa shape index (κ1) is 11.9. The molecule has 3 heteroatoms. The van der Waals surface area contributed by atoms with E-state index in [9.17, 15) is 5.26 Å². The highest BCUT2D eigenvalue weighted by atomic mass is 16.5. The Morgan fingerprint density at radius 2 is 2.18 bits per heavy atom. The van der Waals surface area contributed by atoms with E-state index in [1.165, 1.54) is 0 Å². The van der Waals surface area contributed by atoms with Crippen LogP contribution in [0.3, 0.4) is 0 Å². The molecule has 1 aromatic carbocycles. The van der Waals surface area contributed by atoms with E-state index >= 15 is 0 Å². The minimum atomic E-state index is -0.335. The van der Waals surface area contributed by atoms with Gasteiger partial charge in [-0.3, -0.25) is 0 Å². The van der Waals surface area contributed by atoms with Gasteiger partial charge in [0.25, 0.3) is 0 Å².